The van der Waals surface area contributed by atoms with Gasteiger partial charge in [-0.2, -0.15) is 12.1 Å². The van der Waals surface area contributed by atoms with Crippen LogP contribution in [0.2, 0.25) is 0 Å². The summed E-state index contributed by atoms with van der Waals surface area (Å²) >= 11 is 1.36. The first-order valence-corrected chi connectivity index (χ1v) is 19.4. The van der Waals surface area contributed by atoms with Gasteiger partial charge in [-0.15, -0.1) is 93.4 Å². The Kier molecular flexibility index (Phi) is 18.2. The second-order valence-electron chi connectivity index (χ2n) is 13.1. The van der Waals surface area contributed by atoms with Crippen molar-refractivity contribution in [1.29, 1.82) is 0 Å². The molecule has 0 bridgehead atoms. The molecule has 0 aliphatic heterocycles. The van der Waals surface area contributed by atoms with Crippen LogP contribution in [0.4, 0.5) is 0 Å². The Labute approximate surface area is 315 Å². The molecular formula is C43H52Cl2SiZr-4. The predicted molar refractivity (Wildman–Crippen MR) is 215 cm³/mol. The fourth-order valence-corrected chi connectivity index (χ4v) is 5.86. The molecule has 0 aromatic heterocycles. The number of benzene rings is 4. The molecule has 0 amide bonds. The molecule has 2 radical (unpaired) electrons. The SMILES string of the molecule is Cc1cc2c(-c3ccc(C(C)(C)C)cc3)ccc(C)c2[cH-]1.Cc1cccc(-c2cccc3[cH-]c(C(C)C)cc23)c1C.Cl.Cl.[CH3-].[CH3-].[Si]=[Zr]. The first-order chi connectivity index (χ1) is 20.4. The van der Waals surface area contributed by atoms with Crippen molar-refractivity contribution in [3.63, 3.8) is 0 Å². The number of halogens is 2. The van der Waals surface area contributed by atoms with Gasteiger partial charge < -0.3 is 14.9 Å². The van der Waals surface area contributed by atoms with Gasteiger partial charge in [-0.3, -0.25) is 0 Å². The summed E-state index contributed by atoms with van der Waals surface area (Å²) < 4.78 is 0. The van der Waals surface area contributed by atoms with Crippen molar-refractivity contribution in [3.05, 3.63) is 145 Å². The molecule has 0 saturated heterocycles. The molecule has 0 N–H and O–H groups in total. The van der Waals surface area contributed by atoms with Crippen LogP contribution in [0.15, 0.2) is 97.1 Å². The van der Waals surface area contributed by atoms with Gasteiger partial charge in [-0.05, 0) is 53.0 Å². The van der Waals surface area contributed by atoms with Gasteiger partial charge >= 0.3 is 30.2 Å². The van der Waals surface area contributed by atoms with E-state index in [1.54, 1.807) is 0 Å². The maximum absolute atomic E-state index is 3.06. The second-order valence-corrected chi connectivity index (χ2v) is 13.1. The van der Waals surface area contributed by atoms with E-state index >= 15 is 0 Å². The molecule has 6 aromatic carbocycles. The first-order valence-electron chi connectivity index (χ1n) is 15.2. The van der Waals surface area contributed by atoms with Crippen LogP contribution in [0.3, 0.4) is 0 Å². The van der Waals surface area contributed by atoms with Crippen molar-refractivity contribution >= 4 is 53.2 Å². The number of hydrogen-bond acceptors (Lipinski definition) is 0. The average Bonchev–Trinajstić information content (AvgIpc) is 3.60. The molecule has 0 aliphatic carbocycles. The van der Waals surface area contributed by atoms with E-state index < -0.39 is 0 Å². The zero-order valence-corrected chi connectivity index (χ0v) is 35.2. The Morgan fingerprint density at radius 2 is 1.23 bits per heavy atom. The zero-order valence-electron chi connectivity index (χ0n) is 30.1. The molecule has 0 nitrogen and oxygen atoms in total. The molecule has 4 heteroatoms. The predicted octanol–water partition coefficient (Wildman–Crippen LogP) is 13.5. The van der Waals surface area contributed by atoms with Gasteiger partial charge in [-0.25, -0.2) is 0 Å². The van der Waals surface area contributed by atoms with Crippen LogP contribution in [0.5, 0.6) is 0 Å². The van der Waals surface area contributed by atoms with Crippen molar-refractivity contribution in [1.82, 2.24) is 0 Å². The maximum atomic E-state index is 3.06. The number of fused-ring (bicyclic) bond motifs is 2. The molecule has 0 fully saturated rings. The van der Waals surface area contributed by atoms with E-state index in [0.717, 1.165) is 0 Å². The standard InChI is InChI=1S/C21H23.C20H21.2CH3.2ClH.Si.Zr/c1-14-12-19-15(2)6-11-18(20(19)13-14)16-7-9-17(10-8-16)21(3,4)5;1-13(2)17-11-16-8-6-10-19(20(16)12-17)18-9-5-7-14(3)15(18)4;;;;;;/h6-13H,1-5H3;5-13H,1-4H3;2*1H3;2*1H;;/q4*-1;;;;. The molecule has 6 aromatic rings. The minimum atomic E-state index is 0. The summed E-state index contributed by atoms with van der Waals surface area (Å²) in [5.74, 6) is 0.578. The van der Waals surface area contributed by atoms with Gasteiger partial charge in [0, 0.05) is 0 Å². The Balaban J connectivity index is 0.000000792. The Morgan fingerprint density at radius 1 is 0.638 bits per heavy atom. The molecule has 250 valence electrons. The summed E-state index contributed by atoms with van der Waals surface area (Å²) in [4.78, 5) is 0. The van der Waals surface area contributed by atoms with Crippen molar-refractivity contribution in [2.45, 2.75) is 73.6 Å². The fourth-order valence-electron chi connectivity index (χ4n) is 5.86. The van der Waals surface area contributed by atoms with E-state index in [4.69, 9.17) is 0 Å². The van der Waals surface area contributed by atoms with E-state index in [-0.39, 0.29) is 45.1 Å². The summed E-state index contributed by atoms with van der Waals surface area (Å²) in [6, 6.07) is 36.0. The van der Waals surface area contributed by atoms with E-state index in [9.17, 15) is 0 Å². The third-order valence-corrected chi connectivity index (χ3v) is 8.65. The van der Waals surface area contributed by atoms with E-state index in [1.807, 2.05) is 0 Å². The third kappa shape index (κ3) is 10.1. The van der Waals surface area contributed by atoms with Gasteiger partial charge in [0.2, 0.25) is 0 Å². The normalized spacial score (nSPS) is 10.3. The van der Waals surface area contributed by atoms with Gasteiger partial charge in [0.1, 0.15) is 0 Å². The number of rotatable bonds is 3. The molecule has 0 spiro atoms. The molecule has 0 unspecified atom stereocenters. The zero-order chi connectivity index (χ0) is 31.5. The molecular weight excluding hydrogens is 707 g/mol. The van der Waals surface area contributed by atoms with Crippen LogP contribution in [-0.2, 0) is 28.8 Å². The van der Waals surface area contributed by atoms with Crippen LogP contribution >= 0.6 is 24.8 Å². The van der Waals surface area contributed by atoms with Crippen LogP contribution in [-0.4, -0.2) is 6.88 Å². The summed E-state index contributed by atoms with van der Waals surface area (Å²) in [5, 5.41) is 5.48. The number of hydrogen-bond donors (Lipinski definition) is 0. The van der Waals surface area contributed by atoms with Crippen LogP contribution in [0.1, 0.15) is 73.9 Å². The van der Waals surface area contributed by atoms with Gasteiger partial charge in [0.05, 0.1) is 0 Å². The van der Waals surface area contributed by atoms with Gasteiger partial charge in [-0.1, -0.05) is 114 Å². The summed E-state index contributed by atoms with van der Waals surface area (Å²) in [6.07, 6.45) is 0. The van der Waals surface area contributed by atoms with Crippen LogP contribution in [0.25, 0.3) is 43.8 Å². The minimum absolute atomic E-state index is 0. The van der Waals surface area contributed by atoms with Crippen LogP contribution < -0.4 is 0 Å². The number of aryl methyl sites for hydroxylation is 3. The van der Waals surface area contributed by atoms with Gasteiger partial charge in [0.15, 0.2) is 0 Å². The third-order valence-electron chi connectivity index (χ3n) is 8.65. The fraction of sp³-hybridized carbons (Fsp3) is 0.256. The van der Waals surface area contributed by atoms with E-state index in [1.165, 1.54) is 101 Å². The Hall–Kier alpha value is -2.22. The molecule has 0 aliphatic rings. The topological polar surface area (TPSA) is 0 Å². The van der Waals surface area contributed by atoms with E-state index in [2.05, 4.69) is 166 Å². The molecule has 0 heterocycles. The molecule has 6 rings (SSSR count). The van der Waals surface area contributed by atoms with Crippen LogP contribution in [0, 0.1) is 42.5 Å². The summed E-state index contributed by atoms with van der Waals surface area (Å²) in [6.45, 7) is 23.1. The monoisotopic (exact) mass is 756 g/mol. The summed E-state index contributed by atoms with van der Waals surface area (Å²) in [5.41, 5.74) is 13.8. The van der Waals surface area contributed by atoms with E-state index in [0.29, 0.717) is 5.92 Å². The molecule has 0 atom stereocenters. The van der Waals surface area contributed by atoms with Crippen molar-refractivity contribution in [2.75, 3.05) is 0 Å². The van der Waals surface area contributed by atoms with Crippen molar-refractivity contribution < 1.29 is 23.3 Å². The van der Waals surface area contributed by atoms with Gasteiger partial charge in [0.25, 0.3) is 0 Å². The average molecular weight is 759 g/mol. The van der Waals surface area contributed by atoms with Crippen molar-refractivity contribution in [3.8, 4) is 22.3 Å². The van der Waals surface area contributed by atoms with Crippen molar-refractivity contribution in [2.24, 2.45) is 0 Å². The Morgan fingerprint density at radius 3 is 1.83 bits per heavy atom. The Bertz CT molecular complexity index is 1850. The quantitative estimate of drug-likeness (QED) is 0.125. The molecule has 0 saturated carbocycles. The first kappa shape index (κ1) is 44.8. The summed E-state index contributed by atoms with van der Waals surface area (Å²) in [7, 11) is 0. The second kappa shape index (κ2) is 19.1. The molecule has 47 heavy (non-hydrogen) atoms.